The van der Waals surface area contributed by atoms with Gasteiger partial charge in [0.1, 0.15) is 12.6 Å². The van der Waals surface area contributed by atoms with E-state index in [-0.39, 0.29) is 36.5 Å². The summed E-state index contributed by atoms with van der Waals surface area (Å²) in [4.78, 5) is 25.0. The zero-order valence-corrected chi connectivity index (χ0v) is 19.1. The van der Waals surface area contributed by atoms with Crippen LogP contribution < -0.4 is 16.0 Å². The first-order valence-electron chi connectivity index (χ1n) is 11.2. The number of rotatable bonds is 10. The summed E-state index contributed by atoms with van der Waals surface area (Å²) in [5.74, 6) is -0.0365. The van der Waals surface area contributed by atoms with Gasteiger partial charge in [-0.15, -0.1) is 0 Å². The Kier molecular flexibility index (Phi) is 11.5. The number of hydrogen-bond acceptors (Lipinski definition) is 5. The van der Waals surface area contributed by atoms with Gasteiger partial charge in [0.25, 0.3) is 0 Å². The highest BCUT2D eigenvalue weighted by molar-refractivity contribution is 5.86. The van der Waals surface area contributed by atoms with Gasteiger partial charge in [0.2, 0.25) is 5.91 Å². The quantitative estimate of drug-likeness (QED) is 0.404. The van der Waals surface area contributed by atoms with E-state index in [1.165, 1.54) is 0 Å². The van der Waals surface area contributed by atoms with Crippen molar-refractivity contribution in [3.8, 4) is 0 Å². The summed E-state index contributed by atoms with van der Waals surface area (Å²) < 4.78 is 5.10. The molecule has 0 bridgehead atoms. The minimum Gasteiger partial charge on any atom is -0.445 e. The van der Waals surface area contributed by atoms with Crippen molar-refractivity contribution >= 4 is 12.0 Å². The van der Waals surface area contributed by atoms with Gasteiger partial charge in [-0.3, -0.25) is 4.79 Å². The van der Waals surface area contributed by atoms with Crippen LogP contribution >= 0.6 is 0 Å². The molecule has 4 N–H and O–H groups in total. The highest BCUT2D eigenvalue weighted by Crippen LogP contribution is 2.44. The molecule has 0 spiro atoms. The molecular weight excluding hydrogens is 382 g/mol. The average molecular weight is 424 g/mol. The van der Waals surface area contributed by atoms with Crippen molar-refractivity contribution in [1.82, 2.24) is 16.0 Å². The van der Waals surface area contributed by atoms with Crippen molar-refractivity contribution in [2.45, 2.75) is 78.3 Å². The Balaban J connectivity index is 0.00000218. The SMILES string of the molecule is C=C1NCCC1CC(CO)NC(=O)C(CC1(C)CCC1)NC(=O)OC/C=C/C.CC. The van der Waals surface area contributed by atoms with Gasteiger partial charge in [-0.2, -0.15) is 0 Å². The van der Waals surface area contributed by atoms with Gasteiger partial charge in [0.05, 0.1) is 12.6 Å². The zero-order chi connectivity index (χ0) is 22.6. The summed E-state index contributed by atoms with van der Waals surface area (Å²) >= 11 is 0. The maximum absolute atomic E-state index is 12.9. The van der Waals surface area contributed by atoms with Crippen molar-refractivity contribution in [3.63, 3.8) is 0 Å². The fraction of sp³-hybridized carbons (Fsp3) is 0.739. The minimum atomic E-state index is -0.678. The summed E-state index contributed by atoms with van der Waals surface area (Å²) in [6.45, 7) is 12.9. The first-order chi connectivity index (χ1) is 14.4. The Morgan fingerprint density at radius 3 is 2.57 bits per heavy atom. The molecule has 3 unspecified atom stereocenters. The largest absolute Gasteiger partial charge is 0.445 e. The van der Waals surface area contributed by atoms with Crippen molar-refractivity contribution < 1.29 is 19.4 Å². The Morgan fingerprint density at radius 2 is 2.07 bits per heavy atom. The summed E-state index contributed by atoms with van der Waals surface area (Å²) in [7, 11) is 0. The number of hydrogen-bond donors (Lipinski definition) is 4. The molecule has 2 rings (SSSR count). The third kappa shape index (κ3) is 8.38. The monoisotopic (exact) mass is 423 g/mol. The number of aliphatic hydroxyl groups is 1. The van der Waals surface area contributed by atoms with Crippen molar-refractivity contribution in [2.24, 2.45) is 11.3 Å². The molecule has 1 saturated carbocycles. The summed E-state index contributed by atoms with van der Waals surface area (Å²) in [5, 5.41) is 18.6. The Bertz CT molecular complexity index is 587. The van der Waals surface area contributed by atoms with Crippen LogP contribution in [-0.4, -0.2) is 48.9 Å². The number of amides is 2. The standard InChI is InChI=1S/C21H35N3O4.C2H6/c1-4-5-11-28-20(27)24-18(13-21(3)8-6-9-21)19(26)23-17(14-25)12-16-7-10-22-15(16)2;1-2/h4-5,16-18,22,25H,2,6-14H2,1,3H3,(H,23,26)(H,24,27);1-2H3/b5-4+;. The molecule has 2 amide bonds. The summed E-state index contributed by atoms with van der Waals surface area (Å²) in [6, 6.07) is -1.05. The highest BCUT2D eigenvalue weighted by atomic mass is 16.5. The van der Waals surface area contributed by atoms with Gasteiger partial charge in [-0.05, 0) is 44.4 Å². The van der Waals surface area contributed by atoms with Gasteiger partial charge in [0, 0.05) is 18.2 Å². The number of aliphatic hydroxyl groups excluding tert-OH is 1. The van der Waals surface area contributed by atoms with Crippen molar-refractivity contribution in [2.75, 3.05) is 19.8 Å². The van der Waals surface area contributed by atoms with E-state index in [9.17, 15) is 14.7 Å². The third-order valence-electron chi connectivity index (χ3n) is 5.89. The molecule has 1 aliphatic carbocycles. The molecule has 7 heteroatoms. The molecule has 1 aliphatic heterocycles. The first kappa shape index (κ1) is 26.0. The van der Waals surface area contributed by atoms with Gasteiger partial charge >= 0.3 is 6.09 Å². The lowest BCUT2D eigenvalue weighted by molar-refractivity contribution is -0.125. The highest BCUT2D eigenvalue weighted by Gasteiger charge is 2.38. The maximum atomic E-state index is 12.9. The van der Waals surface area contributed by atoms with Crippen LogP contribution in [0.15, 0.2) is 24.4 Å². The predicted octanol–water partition coefficient (Wildman–Crippen LogP) is 3.25. The molecule has 2 fully saturated rings. The average Bonchev–Trinajstić information content (AvgIpc) is 3.11. The lowest BCUT2D eigenvalue weighted by Gasteiger charge is -2.40. The molecule has 172 valence electrons. The summed E-state index contributed by atoms with van der Waals surface area (Å²) in [5.41, 5.74) is 1.01. The molecule has 1 heterocycles. The maximum Gasteiger partial charge on any atom is 0.408 e. The number of nitrogens with one attached hydrogen (secondary N) is 3. The number of allylic oxidation sites excluding steroid dienone is 2. The molecule has 0 aromatic heterocycles. The van der Waals surface area contributed by atoms with Crippen LogP contribution in [0.4, 0.5) is 4.79 Å². The van der Waals surface area contributed by atoms with E-state index < -0.39 is 12.1 Å². The van der Waals surface area contributed by atoms with E-state index in [2.05, 4.69) is 29.5 Å². The Labute approximate surface area is 181 Å². The number of carbonyl (C=O) groups is 2. The number of alkyl carbamates (subject to hydrolysis) is 1. The van der Waals surface area contributed by atoms with Gasteiger partial charge < -0.3 is 25.8 Å². The molecule has 0 radical (unpaired) electrons. The molecule has 7 nitrogen and oxygen atoms in total. The van der Waals surface area contributed by atoms with Crippen LogP contribution in [0, 0.1) is 11.3 Å². The van der Waals surface area contributed by atoms with E-state index in [0.29, 0.717) is 12.8 Å². The predicted molar refractivity (Wildman–Crippen MR) is 120 cm³/mol. The van der Waals surface area contributed by atoms with Gasteiger partial charge in [-0.25, -0.2) is 4.79 Å². The van der Waals surface area contributed by atoms with Crippen LogP contribution in [0.3, 0.4) is 0 Å². The molecule has 1 saturated heterocycles. The third-order valence-corrected chi connectivity index (χ3v) is 5.89. The van der Waals surface area contributed by atoms with Gasteiger partial charge in [-0.1, -0.05) is 45.9 Å². The molecule has 0 aromatic carbocycles. The lowest BCUT2D eigenvalue weighted by Crippen LogP contribution is -2.53. The molecule has 2 aliphatic rings. The van der Waals surface area contributed by atoms with Crippen molar-refractivity contribution in [1.29, 1.82) is 0 Å². The first-order valence-corrected chi connectivity index (χ1v) is 11.2. The zero-order valence-electron chi connectivity index (χ0n) is 19.1. The van der Waals surface area contributed by atoms with Crippen LogP contribution in [0.1, 0.15) is 66.2 Å². The topological polar surface area (TPSA) is 99.7 Å². The van der Waals surface area contributed by atoms with Crippen LogP contribution in [0.5, 0.6) is 0 Å². The fourth-order valence-corrected chi connectivity index (χ4v) is 3.90. The molecule has 0 aromatic rings. The Morgan fingerprint density at radius 1 is 1.37 bits per heavy atom. The van der Waals surface area contributed by atoms with E-state index in [4.69, 9.17) is 4.74 Å². The number of carbonyl (C=O) groups excluding carboxylic acids is 2. The molecule has 30 heavy (non-hydrogen) atoms. The van der Waals surface area contributed by atoms with E-state index >= 15 is 0 Å². The van der Waals surface area contributed by atoms with Crippen LogP contribution in [-0.2, 0) is 9.53 Å². The molecular formula is C23H41N3O4. The van der Waals surface area contributed by atoms with Crippen LogP contribution in [0.25, 0.3) is 0 Å². The summed E-state index contributed by atoms with van der Waals surface area (Å²) in [6.07, 6.45) is 8.30. The van der Waals surface area contributed by atoms with E-state index in [1.54, 1.807) is 12.2 Å². The van der Waals surface area contributed by atoms with Crippen molar-refractivity contribution in [3.05, 3.63) is 24.4 Å². The molecule has 3 atom stereocenters. The second kappa shape index (κ2) is 13.3. The second-order valence-electron chi connectivity index (χ2n) is 8.29. The Hall–Kier alpha value is -2.02. The second-order valence-corrected chi connectivity index (χ2v) is 8.29. The van der Waals surface area contributed by atoms with E-state index in [0.717, 1.165) is 37.9 Å². The lowest BCUT2D eigenvalue weighted by atomic mass is 9.67. The van der Waals surface area contributed by atoms with Crippen LogP contribution in [0.2, 0.25) is 0 Å². The number of ether oxygens (including phenoxy) is 1. The smallest absolute Gasteiger partial charge is 0.408 e. The van der Waals surface area contributed by atoms with E-state index in [1.807, 2.05) is 20.8 Å². The minimum absolute atomic E-state index is 0.0526. The normalized spacial score (nSPS) is 21.5. The fourth-order valence-electron chi connectivity index (χ4n) is 3.90. The van der Waals surface area contributed by atoms with Gasteiger partial charge in [0.15, 0.2) is 0 Å².